The number of aromatic nitrogens is 2. The summed E-state index contributed by atoms with van der Waals surface area (Å²) in [4.78, 5) is 5.73. The van der Waals surface area contributed by atoms with Crippen molar-refractivity contribution >= 4 is 16.7 Å². The summed E-state index contributed by atoms with van der Waals surface area (Å²) in [5, 5.41) is 0. The van der Waals surface area contributed by atoms with Gasteiger partial charge in [0.1, 0.15) is 0 Å². The summed E-state index contributed by atoms with van der Waals surface area (Å²) < 4.78 is 87.2. The zero-order chi connectivity index (χ0) is 22.4. The van der Waals surface area contributed by atoms with E-state index in [9.17, 15) is 26.3 Å². The molecule has 166 valence electrons. The Bertz CT molecular complexity index is 1100. The van der Waals surface area contributed by atoms with E-state index in [4.69, 9.17) is 4.74 Å². The van der Waals surface area contributed by atoms with E-state index in [1.807, 2.05) is 4.90 Å². The number of alkyl halides is 6. The summed E-state index contributed by atoms with van der Waals surface area (Å²) in [6.45, 7) is 3.09. The third kappa shape index (κ3) is 4.21. The van der Waals surface area contributed by atoms with Crippen molar-refractivity contribution in [2.75, 3.05) is 31.2 Å². The SMILES string of the molecule is Cc1c(Cn2c(C(F)(F)F)nc3ccc(N4CCOCC4)cc32)cccc1C(F)(F)F. The molecule has 1 saturated heterocycles. The lowest BCUT2D eigenvalue weighted by Crippen LogP contribution is -2.36. The maximum absolute atomic E-state index is 13.7. The minimum Gasteiger partial charge on any atom is -0.378 e. The van der Waals surface area contributed by atoms with Crippen LogP contribution < -0.4 is 4.90 Å². The van der Waals surface area contributed by atoms with Crippen molar-refractivity contribution < 1.29 is 31.1 Å². The summed E-state index contributed by atoms with van der Waals surface area (Å²) in [6, 6.07) is 8.34. The Morgan fingerprint density at radius 3 is 2.32 bits per heavy atom. The Hall–Kier alpha value is -2.75. The van der Waals surface area contributed by atoms with Crippen LogP contribution in [-0.4, -0.2) is 35.9 Å². The maximum atomic E-state index is 13.7. The number of benzene rings is 2. The lowest BCUT2D eigenvalue weighted by molar-refractivity contribution is -0.146. The monoisotopic (exact) mass is 443 g/mol. The molecule has 1 aliphatic rings. The molecule has 1 aromatic heterocycles. The third-order valence-corrected chi connectivity index (χ3v) is 5.44. The lowest BCUT2D eigenvalue weighted by atomic mass is 10.0. The smallest absolute Gasteiger partial charge is 0.378 e. The Labute approximate surface area is 174 Å². The van der Waals surface area contributed by atoms with Crippen LogP contribution in [0.3, 0.4) is 0 Å². The first-order valence-electron chi connectivity index (χ1n) is 9.61. The summed E-state index contributed by atoms with van der Waals surface area (Å²) in [7, 11) is 0. The van der Waals surface area contributed by atoms with Gasteiger partial charge in [0.05, 0.1) is 29.8 Å². The van der Waals surface area contributed by atoms with Crippen molar-refractivity contribution in [3.63, 3.8) is 0 Å². The predicted octanol–water partition coefficient (Wildman–Crippen LogP) is 5.27. The highest BCUT2D eigenvalue weighted by Gasteiger charge is 2.38. The molecule has 3 aromatic rings. The van der Waals surface area contributed by atoms with Gasteiger partial charge in [-0.25, -0.2) is 4.98 Å². The Morgan fingerprint density at radius 1 is 0.968 bits per heavy atom. The van der Waals surface area contributed by atoms with Gasteiger partial charge < -0.3 is 14.2 Å². The molecule has 10 heteroatoms. The van der Waals surface area contributed by atoms with Crippen LogP contribution in [0.2, 0.25) is 0 Å². The zero-order valence-electron chi connectivity index (χ0n) is 16.5. The van der Waals surface area contributed by atoms with Crippen LogP contribution in [0.1, 0.15) is 22.5 Å². The minimum absolute atomic E-state index is 0.102. The van der Waals surface area contributed by atoms with Crippen LogP contribution in [0.15, 0.2) is 36.4 Å². The topological polar surface area (TPSA) is 30.3 Å². The molecule has 1 fully saturated rings. The van der Waals surface area contributed by atoms with Gasteiger partial charge in [-0.3, -0.25) is 0 Å². The average Bonchev–Trinajstić information content (AvgIpc) is 3.07. The van der Waals surface area contributed by atoms with Crippen LogP contribution in [0.25, 0.3) is 11.0 Å². The van der Waals surface area contributed by atoms with Crippen LogP contribution in [0.5, 0.6) is 0 Å². The second-order valence-electron chi connectivity index (χ2n) is 7.38. The van der Waals surface area contributed by atoms with Crippen LogP contribution in [-0.2, 0) is 23.6 Å². The van der Waals surface area contributed by atoms with Crippen LogP contribution >= 0.6 is 0 Å². The molecule has 0 bridgehead atoms. The highest BCUT2D eigenvalue weighted by Crippen LogP contribution is 2.36. The van der Waals surface area contributed by atoms with E-state index in [1.165, 1.54) is 25.1 Å². The molecule has 31 heavy (non-hydrogen) atoms. The summed E-state index contributed by atoms with van der Waals surface area (Å²) in [6.07, 6.45) is -9.35. The highest BCUT2D eigenvalue weighted by molar-refractivity contribution is 5.81. The fraction of sp³-hybridized carbons (Fsp3) is 0.381. The maximum Gasteiger partial charge on any atom is 0.449 e. The first-order valence-corrected chi connectivity index (χ1v) is 9.61. The number of fused-ring (bicyclic) bond motifs is 1. The van der Waals surface area contributed by atoms with Crippen LogP contribution in [0, 0.1) is 6.92 Å². The van der Waals surface area contributed by atoms with Crippen molar-refractivity contribution in [2.24, 2.45) is 0 Å². The molecule has 0 aliphatic carbocycles. The van der Waals surface area contributed by atoms with Gasteiger partial charge in [-0.2, -0.15) is 26.3 Å². The molecule has 0 unspecified atom stereocenters. The van der Waals surface area contributed by atoms with Crippen molar-refractivity contribution in [1.82, 2.24) is 9.55 Å². The molecule has 0 amide bonds. The molecule has 0 spiro atoms. The number of imidazole rings is 1. The molecule has 2 aromatic carbocycles. The first-order chi connectivity index (χ1) is 14.6. The molecule has 0 N–H and O–H groups in total. The molecule has 0 saturated carbocycles. The number of hydrogen-bond donors (Lipinski definition) is 0. The fourth-order valence-corrected chi connectivity index (χ4v) is 3.84. The van der Waals surface area contributed by atoms with E-state index in [2.05, 4.69) is 4.98 Å². The summed E-state index contributed by atoms with van der Waals surface area (Å²) >= 11 is 0. The molecule has 2 heterocycles. The predicted molar refractivity (Wildman–Crippen MR) is 103 cm³/mol. The number of rotatable bonds is 3. The van der Waals surface area contributed by atoms with Gasteiger partial charge in [-0.05, 0) is 42.3 Å². The number of morpholine rings is 1. The van der Waals surface area contributed by atoms with E-state index in [0.717, 1.165) is 10.6 Å². The van der Waals surface area contributed by atoms with Gasteiger partial charge >= 0.3 is 12.4 Å². The van der Waals surface area contributed by atoms with E-state index in [-0.39, 0.29) is 28.7 Å². The zero-order valence-corrected chi connectivity index (χ0v) is 16.5. The normalized spacial score (nSPS) is 15.6. The lowest BCUT2D eigenvalue weighted by Gasteiger charge is -2.29. The summed E-state index contributed by atoms with van der Waals surface area (Å²) in [5.41, 5.74) is 0.247. The first kappa shape index (κ1) is 21.5. The second kappa shape index (κ2) is 7.74. The van der Waals surface area contributed by atoms with Crippen molar-refractivity contribution in [2.45, 2.75) is 25.8 Å². The molecule has 4 nitrogen and oxygen atoms in total. The fourth-order valence-electron chi connectivity index (χ4n) is 3.84. The van der Waals surface area contributed by atoms with Crippen LogP contribution in [0.4, 0.5) is 32.0 Å². The number of anilines is 1. The quantitative estimate of drug-likeness (QED) is 0.517. The van der Waals surface area contributed by atoms with Gasteiger partial charge in [-0.1, -0.05) is 12.1 Å². The Balaban J connectivity index is 1.83. The van der Waals surface area contributed by atoms with Gasteiger partial charge in [0.15, 0.2) is 0 Å². The van der Waals surface area contributed by atoms with Gasteiger partial charge in [0, 0.05) is 25.3 Å². The van der Waals surface area contributed by atoms with Crippen molar-refractivity contribution in [1.29, 1.82) is 0 Å². The van der Waals surface area contributed by atoms with E-state index in [1.54, 1.807) is 12.1 Å². The van der Waals surface area contributed by atoms with E-state index in [0.29, 0.717) is 32.0 Å². The molecule has 4 rings (SSSR count). The second-order valence-corrected chi connectivity index (χ2v) is 7.38. The molecule has 0 radical (unpaired) electrons. The van der Waals surface area contributed by atoms with Gasteiger partial charge in [-0.15, -0.1) is 0 Å². The van der Waals surface area contributed by atoms with E-state index >= 15 is 0 Å². The highest BCUT2D eigenvalue weighted by atomic mass is 19.4. The molecule has 1 aliphatic heterocycles. The minimum atomic E-state index is -4.76. The summed E-state index contributed by atoms with van der Waals surface area (Å²) in [5.74, 6) is -1.14. The van der Waals surface area contributed by atoms with Gasteiger partial charge in [0.25, 0.3) is 0 Å². The molecule has 0 atom stereocenters. The largest absolute Gasteiger partial charge is 0.449 e. The Morgan fingerprint density at radius 2 is 1.68 bits per heavy atom. The molecular weight excluding hydrogens is 424 g/mol. The molecular formula is C21H19F6N3O. The van der Waals surface area contributed by atoms with Crippen molar-refractivity contribution in [3.05, 3.63) is 58.9 Å². The number of nitrogens with zero attached hydrogens (tertiary/aromatic N) is 3. The number of hydrogen-bond acceptors (Lipinski definition) is 3. The number of halogens is 6. The van der Waals surface area contributed by atoms with Crippen molar-refractivity contribution in [3.8, 4) is 0 Å². The standard InChI is InChI=1S/C21H19F6N3O/c1-13-14(3-2-4-16(13)20(22,23)24)12-30-18-11-15(29-7-9-31-10-8-29)5-6-17(18)28-19(30)21(25,26)27/h2-6,11H,7-10,12H2,1H3. The third-order valence-electron chi connectivity index (χ3n) is 5.44. The van der Waals surface area contributed by atoms with Gasteiger partial charge in [0.2, 0.25) is 5.82 Å². The Kier molecular flexibility index (Phi) is 5.36. The van der Waals surface area contributed by atoms with E-state index < -0.39 is 23.7 Å². The average molecular weight is 443 g/mol. The number of ether oxygens (including phenoxy) is 1.